The Morgan fingerprint density at radius 1 is 1.35 bits per heavy atom. The minimum Gasteiger partial charge on any atom is -0.282 e. The topological polar surface area (TPSA) is 91.0 Å². The number of thiocyanates is 1. The lowest BCUT2D eigenvalue weighted by atomic mass is 10.2. The second-order valence-corrected chi connectivity index (χ2v) is 5.35. The third-order valence-corrected chi connectivity index (χ3v) is 3.68. The van der Waals surface area contributed by atoms with Crippen molar-refractivity contribution in [3.05, 3.63) is 30.5 Å². The molecule has 0 radical (unpaired) electrons. The van der Waals surface area contributed by atoms with Gasteiger partial charge in [0, 0.05) is 16.5 Å². The second kappa shape index (κ2) is 4.33. The first-order valence-electron chi connectivity index (χ1n) is 4.45. The van der Waals surface area contributed by atoms with Gasteiger partial charge in [0.2, 0.25) is 0 Å². The van der Waals surface area contributed by atoms with Crippen LogP contribution in [0.2, 0.25) is 0 Å². The van der Waals surface area contributed by atoms with Gasteiger partial charge in [0.1, 0.15) is 10.3 Å². The molecular weight excluding hydrogens is 260 g/mol. The van der Waals surface area contributed by atoms with Crippen LogP contribution in [0.4, 0.5) is 0 Å². The molecule has 0 saturated carbocycles. The third-order valence-electron chi connectivity index (χ3n) is 2.13. The van der Waals surface area contributed by atoms with Crippen LogP contribution in [-0.2, 0) is 10.1 Å². The zero-order valence-corrected chi connectivity index (χ0v) is 9.99. The van der Waals surface area contributed by atoms with E-state index in [1.807, 2.05) is 5.40 Å². The molecule has 0 unspecified atom stereocenters. The van der Waals surface area contributed by atoms with Crippen molar-refractivity contribution in [2.75, 3.05) is 0 Å². The summed E-state index contributed by atoms with van der Waals surface area (Å²) in [4.78, 5) is 4.37. The summed E-state index contributed by atoms with van der Waals surface area (Å²) in [6, 6.07) is 5.82. The number of aromatic nitrogens is 1. The first kappa shape index (κ1) is 11.9. The first-order chi connectivity index (χ1) is 8.04. The highest BCUT2D eigenvalue weighted by Gasteiger charge is 2.16. The van der Waals surface area contributed by atoms with E-state index in [9.17, 15) is 8.42 Å². The van der Waals surface area contributed by atoms with Gasteiger partial charge in [-0.05, 0) is 36.0 Å². The van der Waals surface area contributed by atoms with Crippen molar-refractivity contribution in [2.45, 2.75) is 9.79 Å². The number of pyridine rings is 1. The predicted octanol–water partition coefficient (Wildman–Crippen LogP) is 2.05. The lowest BCUT2D eigenvalue weighted by Gasteiger charge is -2.05. The molecule has 17 heavy (non-hydrogen) atoms. The molecule has 5 nitrogen and oxygen atoms in total. The van der Waals surface area contributed by atoms with Crippen LogP contribution in [0.1, 0.15) is 0 Å². The van der Waals surface area contributed by atoms with Crippen molar-refractivity contribution in [2.24, 2.45) is 0 Å². The number of rotatable bonds is 2. The molecule has 86 valence electrons. The van der Waals surface area contributed by atoms with E-state index in [1.165, 1.54) is 24.4 Å². The lowest BCUT2D eigenvalue weighted by Crippen LogP contribution is -1.99. The molecule has 0 spiro atoms. The molecule has 1 heterocycles. The van der Waals surface area contributed by atoms with Crippen molar-refractivity contribution in [1.82, 2.24) is 4.98 Å². The molecule has 0 atom stereocenters. The maximum atomic E-state index is 11.2. The van der Waals surface area contributed by atoms with Gasteiger partial charge in [-0.15, -0.1) is 0 Å². The van der Waals surface area contributed by atoms with E-state index >= 15 is 0 Å². The highest BCUT2D eigenvalue weighted by atomic mass is 32.2. The van der Waals surface area contributed by atoms with Crippen molar-refractivity contribution in [3.8, 4) is 5.40 Å². The largest absolute Gasteiger partial charge is 0.295 e. The van der Waals surface area contributed by atoms with Crippen LogP contribution in [0.25, 0.3) is 10.9 Å². The van der Waals surface area contributed by atoms with Crippen LogP contribution < -0.4 is 0 Å². The van der Waals surface area contributed by atoms with Crippen molar-refractivity contribution >= 4 is 32.8 Å². The molecular formula is C10H6N2O3S2. The van der Waals surface area contributed by atoms with E-state index in [-0.39, 0.29) is 4.90 Å². The molecule has 2 rings (SSSR count). The van der Waals surface area contributed by atoms with Crippen LogP contribution in [0.3, 0.4) is 0 Å². The molecule has 0 fully saturated rings. The number of benzene rings is 1. The van der Waals surface area contributed by atoms with Gasteiger partial charge in [0.15, 0.2) is 0 Å². The zero-order chi connectivity index (χ0) is 12.5. The maximum Gasteiger partial charge on any atom is 0.295 e. The van der Waals surface area contributed by atoms with Gasteiger partial charge >= 0.3 is 0 Å². The molecule has 1 aromatic carbocycles. The molecule has 2 aromatic rings. The molecule has 0 aliphatic rings. The number of fused-ring (bicyclic) bond motifs is 1. The van der Waals surface area contributed by atoms with E-state index in [4.69, 9.17) is 9.81 Å². The smallest absolute Gasteiger partial charge is 0.282 e. The van der Waals surface area contributed by atoms with Gasteiger partial charge in [-0.1, -0.05) is 0 Å². The summed E-state index contributed by atoms with van der Waals surface area (Å²) in [6.07, 6.45) is 1.50. The Morgan fingerprint density at radius 3 is 2.76 bits per heavy atom. The Balaban J connectivity index is 2.86. The summed E-state index contributed by atoms with van der Waals surface area (Å²) in [5, 5.41) is 10.8. The lowest BCUT2D eigenvalue weighted by molar-refractivity contribution is 0.484. The molecule has 0 aliphatic heterocycles. The van der Waals surface area contributed by atoms with E-state index in [1.54, 1.807) is 6.07 Å². The fourth-order valence-corrected chi connectivity index (χ4v) is 2.65. The predicted molar refractivity (Wildman–Crippen MR) is 63.0 cm³/mol. The van der Waals surface area contributed by atoms with Crippen molar-refractivity contribution < 1.29 is 13.0 Å². The fourth-order valence-electron chi connectivity index (χ4n) is 1.48. The average Bonchev–Trinajstić information content (AvgIpc) is 2.28. The highest BCUT2D eigenvalue weighted by Crippen LogP contribution is 2.30. The van der Waals surface area contributed by atoms with Gasteiger partial charge in [0.25, 0.3) is 10.1 Å². The van der Waals surface area contributed by atoms with Crippen molar-refractivity contribution in [1.29, 1.82) is 5.26 Å². The summed E-state index contributed by atoms with van der Waals surface area (Å²) < 4.78 is 31.4. The van der Waals surface area contributed by atoms with Crippen LogP contribution in [0, 0.1) is 10.7 Å². The van der Waals surface area contributed by atoms with Crippen LogP contribution in [0.15, 0.2) is 40.3 Å². The van der Waals surface area contributed by atoms with Crippen molar-refractivity contribution in [3.63, 3.8) is 0 Å². The fraction of sp³-hybridized carbons (Fsp3) is 0. The van der Waals surface area contributed by atoms with Gasteiger partial charge in [-0.25, -0.2) is 0 Å². The summed E-state index contributed by atoms with van der Waals surface area (Å²) >= 11 is 0.891. The van der Waals surface area contributed by atoms with Crippen LogP contribution >= 0.6 is 11.8 Å². The highest BCUT2D eigenvalue weighted by molar-refractivity contribution is 8.04. The number of hydrogen-bond donors (Lipinski definition) is 1. The second-order valence-electron chi connectivity index (χ2n) is 3.13. The molecule has 0 bridgehead atoms. The summed E-state index contributed by atoms with van der Waals surface area (Å²) in [7, 11) is -4.29. The number of thioether (sulfide) groups is 1. The summed E-state index contributed by atoms with van der Waals surface area (Å²) in [6.45, 7) is 0. The van der Waals surface area contributed by atoms with E-state index in [0.717, 1.165) is 11.8 Å². The Bertz CT molecular complexity index is 720. The zero-order valence-electron chi connectivity index (χ0n) is 8.36. The SMILES string of the molecule is N#CSc1ccc(S(=O)(=O)O)c2cccnc12. The Kier molecular flexibility index (Phi) is 3.02. The van der Waals surface area contributed by atoms with Crippen LogP contribution in [0.5, 0.6) is 0 Å². The van der Waals surface area contributed by atoms with Gasteiger partial charge in [-0.3, -0.25) is 9.54 Å². The number of nitriles is 1. The standard InChI is InChI=1S/C10H6N2O3S2/c11-6-16-8-3-4-9(17(13,14)15)7-2-1-5-12-10(7)8/h1-5H,(H,13,14,15). The number of nitrogens with zero attached hydrogens (tertiary/aromatic N) is 2. The van der Waals surface area contributed by atoms with Gasteiger partial charge in [0.05, 0.1) is 5.52 Å². The molecule has 1 aromatic heterocycles. The normalized spacial score (nSPS) is 11.3. The number of hydrogen-bond acceptors (Lipinski definition) is 5. The minimum absolute atomic E-state index is 0.206. The Hall–Kier alpha value is -1.62. The molecule has 7 heteroatoms. The van der Waals surface area contributed by atoms with Crippen LogP contribution in [-0.4, -0.2) is 18.0 Å². The molecule has 0 aliphatic carbocycles. The average molecular weight is 266 g/mol. The quantitative estimate of drug-likeness (QED) is 0.508. The van der Waals surface area contributed by atoms with E-state index in [0.29, 0.717) is 15.8 Å². The van der Waals surface area contributed by atoms with E-state index < -0.39 is 10.1 Å². The molecule has 0 amide bonds. The molecule has 0 saturated heterocycles. The Morgan fingerprint density at radius 2 is 2.12 bits per heavy atom. The summed E-state index contributed by atoms with van der Waals surface area (Å²) in [5.41, 5.74) is 0.383. The van der Waals surface area contributed by atoms with E-state index in [2.05, 4.69) is 4.98 Å². The third kappa shape index (κ3) is 2.24. The molecule has 1 N–H and O–H groups in total. The van der Waals surface area contributed by atoms with Gasteiger partial charge < -0.3 is 0 Å². The monoisotopic (exact) mass is 266 g/mol. The maximum absolute atomic E-state index is 11.2. The summed E-state index contributed by atoms with van der Waals surface area (Å²) in [5.74, 6) is 0. The van der Waals surface area contributed by atoms with Gasteiger partial charge in [-0.2, -0.15) is 13.7 Å². The minimum atomic E-state index is -4.29. The first-order valence-corrected chi connectivity index (χ1v) is 6.71. The Labute approximate surface area is 102 Å².